The molecule has 0 aliphatic heterocycles. The molecule has 3 N–H and O–H groups in total. The first-order valence-corrected chi connectivity index (χ1v) is 6.37. The van der Waals surface area contributed by atoms with Gasteiger partial charge in [0, 0.05) is 6.04 Å². The second-order valence-corrected chi connectivity index (χ2v) is 5.97. The quantitative estimate of drug-likeness (QED) is 0.781. The topological polar surface area (TPSA) is 64.3 Å². The van der Waals surface area contributed by atoms with Crippen molar-refractivity contribution in [1.82, 2.24) is 5.32 Å². The van der Waals surface area contributed by atoms with Crippen LogP contribution in [0.5, 0.6) is 0 Å². The predicted molar refractivity (Wildman–Crippen MR) is 70.8 cm³/mol. The molecule has 0 rings (SSSR count). The van der Waals surface area contributed by atoms with Crippen LogP contribution in [-0.4, -0.2) is 24.3 Å². The maximum Gasteiger partial charge on any atom is 0.407 e. The van der Waals surface area contributed by atoms with Crippen LogP contribution in [-0.2, 0) is 4.74 Å². The Morgan fingerprint density at radius 2 is 1.82 bits per heavy atom. The van der Waals surface area contributed by atoms with Gasteiger partial charge in [-0.15, -0.1) is 0 Å². The van der Waals surface area contributed by atoms with Gasteiger partial charge in [-0.25, -0.2) is 4.79 Å². The minimum Gasteiger partial charge on any atom is -0.444 e. The Hall–Kier alpha value is -0.770. The Labute approximate surface area is 105 Å². The van der Waals surface area contributed by atoms with E-state index in [0.29, 0.717) is 18.4 Å². The minimum absolute atomic E-state index is 0.105. The Morgan fingerprint density at radius 3 is 2.18 bits per heavy atom. The van der Waals surface area contributed by atoms with E-state index >= 15 is 0 Å². The van der Waals surface area contributed by atoms with Gasteiger partial charge in [0.05, 0.1) is 0 Å². The van der Waals surface area contributed by atoms with E-state index in [4.69, 9.17) is 10.5 Å². The van der Waals surface area contributed by atoms with E-state index in [9.17, 15) is 4.79 Å². The number of rotatable bonds is 5. The molecule has 0 fully saturated rings. The SMILES string of the molecule is CC(C)C(NC(=O)OC(C)(C)C)C(C)CCN. The first-order chi connectivity index (χ1) is 7.67. The normalized spacial score (nSPS) is 15.5. The summed E-state index contributed by atoms with van der Waals surface area (Å²) < 4.78 is 5.27. The molecule has 17 heavy (non-hydrogen) atoms. The highest BCUT2D eigenvalue weighted by Gasteiger charge is 2.25. The standard InChI is InChI=1S/C13H28N2O2/c1-9(2)11(10(3)7-8-14)15-12(16)17-13(4,5)6/h9-11H,7-8,14H2,1-6H3,(H,15,16). The van der Waals surface area contributed by atoms with Gasteiger partial charge in [0.25, 0.3) is 0 Å². The van der Waals surface area contributed by atoms with E-state index in [0.717, 1.165) is 6.42 Å². The van der Waals surface area contributed by atoms with E-state index < -0.39 is 5.60 Å². The van der Waals surface area contributed by atoms with Crippen molar-refractivity contribution in [2.45, 2.75) is 59.6 Å². The van der Waals surface area contributed by atoms with E-state index in [1.165, 1.54) is 0 Å². The lowest BCUT2D eigenvalue weighted by atomic mass is 9.89. The Balaban J connectivity index is 4.40. The molecule has 0 aliphatic carbocycles. The second kappa shape index (κ2) is 6.84. The lowest BCUT2D eigenvalue weighted by Gasteiger charge is -2.29. The Kier molecular flexibility index (Phi) is 6.53. The van der Waals surface area contributed by atoms with Crippen molar-refractivity contribution in [2.75, 3.05) is 6.54 Å². The summed E-state index contributed by atoms with van der Waals surface area (Å²) in [7, 11) is 0. The van der Waals surface area contributed by atoms with E-state index in [2.05, 4.69) is 26.1 Å². The maximum absolute atomic E-state index is 11.7. The lowest BCUT2D eigenvalue weighted by Crippen LogP contribution is -2.45. The molecule has 4 nitrogen and oxygen atoms in total. The molecule has 0 aromatic heterocycles. The number of hydrogen-bond donors (Lipinski definition) is 2. The summed E-state index contributed by atoms with van der Waals surface area (Å²) in [5.74, 6) is 0.719. The van der Waals surface area contributed by atoms with Gasteiger partial charge >= 0.3 is 6.09 Å². The van der Waals surface area contributed by atoms with Crippen molar-refractivity contribution >= 4 is 6.09 Å². The van der Waals surface area contributed by atoms with Crippen LogP contribution in [0.2, 0.25) is 0 Å². The highest BCUT2D eigenvalue weighted by Crippen LogP contribution is 2.16. The summed E-state index contributed by atoms with van der Waals surface area (Å²) in [5.41, 5.74) is 5.10. The zero-order valence-corrected chi connectivity index (χ0v) is 12.0. The van der Waals surface area contributed by atoms with Gasteiger partial charge in [-0.1, -0.05) is 20.8 Å². The third-order valence-corrected chi connectivity index (χ3v) is 2.64. The summed E-state index contributed by atoms with van der Waals surface area (Å²) in [5, 5.41) is 2.94. The van der Waals surface area contributed by atoms with E-state index in [1.807, 2.05) is 20.8 Å². The summed E-state index contributed by atoms with van der Waals surface area (Å²) in [4.78, 5) is 11.7. The van der Waals surface area contributed by atoms with Crippen LogP contribution in [0.25, 0.3) is 0 Å². The summed E-state index contributed by atoms with van der Waals surface area (Å²) in [6, 6.07) is 0.105. The molecule has 0 heterocycles. The fourth-order valence-corrected chi connectivity index (χ4v) is 1.85. The average Bonchev–Trinajstić information content (AvgIpc) is 2.11. The molecule has 0 saturated heterocycles. The molecule has 0 bridgehead atoms. The molecule has 0 aromatic carbocycles. The Morgan fingerprint density at radius 1 is 1.29 bits per heavy atom. The summed E-state index contributed by atoms with van der Waals surface area (Å²) in [6.07, 6.45) is 0.554. The van der Waals surface area contributed by atoms with E-state index in [1.54, 1.807) is 0 Å². The smallest absolute Gasteiger partial charge is 0.407 e. The molecule has 2 atom stereocenters. The van der Waals surface area contributed by atoms with Crippen LogP contribution in [0.15, 0.2) is 0 Å². The van der Waals surface area contributed by atoms with Crippen LogP contribution >= 0.6 is 0 Å². The zero-order valence-electron chi connectivity index (χ0n) is 12.0. The van der Waals surface area contributed by atoms with Crippen LogP contribution < -0.4 is 11.1 Å². The van der Waals surface area contributed by atoms with Crippen molar-refractivity contribution in [3.05, 3.63) is 0 Å². The molecule has 0 aromatic rings. The molecule has 4 heteroatoms. The number of ether oxygens (including phenoxy) is 1. The van der Waals surface area contributed by atoms with Crippen LogP contribution in [0.3, 0.4) is 0 Å². The number of carbonyl (C=O) groups excluding carboxylic acids is 1. The number of nitrogens with two attached hydrogens (primary N) is 1. The second-order valence-electron chi connectivity index (χ2n) is 5.97. The minimum atomic E-state index is -0.456. The Bertz CT molecular complexity index is 234. The van der Waals surface area contributed by atoms with Crippen LogP contribution in [0, 0.1) is 11.8 Å². The van der Waals surface area contributed by atoms with Gasteiger partial charge in [-0.05, 0) is 45.6 Å². The molecule has 0 spiro atoms. The average molecular weight is 244 g/mol. The first kappa shape index (κ1) is 16.2. The number of hydrogen-bond acceptors (Lipinski definition) is 3. The summed E-state index contributed by atoms with van der Waals surface area (Å²) in [6.45, 7) is 12.5. The largest absolute Gasteiger partial charge is 0.444 e. The number of carbonyl (C=O) groups is 1. The third-order valence-electron chi connectivity index (χ3n) is 2.64. The highest BCUT2D eigenvalue weighted by atomic mass is 16.6. The molecule has 1 amide bonds. The van der Waals surface area contributed by atoms with Crippen molar-refractivity contribution in [2.24, 2.45) is 17.6 Å². The third kappa shape index (κ3) is 7.21. The zero-order chi connectivity index (χ0) is 13.6. The lowest BCUT2D eigenvalue weighted by molar-refractivity contribution is 0.0467. The van der Waals surface area contributed by atoms with Gasteiger partial charge in [0.2, 0.25) is 0 Å². The van der Waals surface area contributed by atoms with Gasteiger partial charge in [0.15, 0.2) is 0 Å². The number of alkyl carbamates (subject to hydrolysis) is 1. The van der Waals surface area contributed by atoms with Crippen molar-refractivity contribution in [1.29, 1.82) is 0 Å². The highest BCUT2D eigenvalue weighted by molar-refractivity contribution is 5.68. The fraction of sp³-hybridized carbons (Fsp3) is 0.923. The van der Waals surface area contributed by atoms with Gasteiger partial charge in [0.1, 0.15) is 5.60 Å². The van der Waals surface area contributed by atoms with Crippen LogP contribution in [0.4, 0.5) is 4.79 Å². The predicted octanol–water partition coefficient (Wildman–Crippen LogP) is 2.52. The van der Waals surface area contributed by atoms with Crippen molar-refractivity contribution in [3.8, 4) is 0 Å². The molecular weight excluding hydrogens is 216 g/mol. The molecule has 102 valence electrons. The maximum atomic E-state index is 11.7. The molecule has 2 unspecified atom stereocenters. The number of nitrogens with one attached hydrogen (secondary N) is 1. The summed E-state index contributed by atoms with van der Waals surface area (Å²) >= 11 is 0. The van der Waals surface area contributed by atoms with E-state index in [-0.39, 0.29) is 12.1 Å². The molecule has 0 radical (unpaired) electrons. The van der Waals surface area contributed by atoms with Crippen LogP contribution in [0.1, 0.15) is 48.0 Å². The number of amides is 1. The fourth-order valence-electron chi connectivity index (χ4n) is 1.85. The first-order valence-electron chi connectivity index (χ1n) is 6.37. The van der Waals surface area contributed by atoms with Gasteiger partial charge in [-0.2, -0.15) is 0 Å². The van der Waals surface area contributed by atoms with Gasteiger partial charge in [-0.3, -0.25) is 0 Å². The molecular formula is C13H28N2O2. The van der Waals surface area contributed by atoms with Crippen molar-refractivity contribution in [3.63, 3.8) is 0 Å². The molecule has 0 saturated carbocycles. The molecule has 0 aliphatic rings. The van der Waals surface area contributed by atoms with Gasteiger partial charge < -0.3 is 15.8 Å². The monoisotopic (exact) mass is 244 g/mol. The van der Waals surface area contributed by atoms with Crippen molar-refractivity contribution < 1.29 is 9.53 Å².